The van der Waals surface area contributed by atoms with Crippen molar-refractivity contribution in [2.24, 2.45) is 0 Å². The first kappa shape index (κ1) is 20.6. The van der Waals surface area contributed by atoms with E-state index >= 15 is 0 Å². The molecule has 1 amide bonds. The first-order chi connectivity index (χ1) is 13.8. The normalized spacial score (nSPS) is 11.8. The number of benzene rings is 2. The molecule has 29 heavy (non-hydrogen) atoms. The Morgan fingerprint density at radius 1 is 1.17 bits per heavy atom. The SMILES string of the molecule is O=C(O)CC(NC(=O)c1cc(O)n(-c2ccc(Cl)cc2)n1)c1cccc(Cl)c1F. The first-order valence-corrected chi connectivity index (χ1v) is 9.03. The van der Waals surface area contributed by atoms with E-state index in [0.29, 0.717) is 10.7 Å². The number of aromatic nitrogens is 2. The topological polar surface area (TPSA) is 104 Å². The quantitative estimate of drug-likeness (QED) is 0.541. The van der Waals surface area contributed by atoms with Crippen LogP contribution in [0.15, 0.2) is 48.5 Å². The predicted octanol–water partition coefficient (Wildman–Crippen LogP) is 3.97. The van der Waals surface area contributed by atoms with Gasteiger partial charge in [0, 0.05) is 16.7 Å². The number of hydrogen-bond acceptors (Lipinski definition) is 4. The molecule has 1 aromatic heterocycles. The zero-order chi connectivity index (χ0) is 21.1. The van der Waals surface area contributed by atoms with Gasteiger partial charge in [-0.1, -0.05) is 35.3 Å². The van der Waals surface area contributed by atoms with Gasteiger partial charge < -0.3 is 15.5 Å². The van der Waals surface area contributed by atoms with Crippen LogP contribution in [-0.4, -0.2) is 31.9 Å². The van der Waals surface area contributed by atoms with Gasteiger partial charge in [-0.05, 0) is 30.3 Å². The third kappa shape index (κ3) is 4.67. The molecule has 0 saturated carbocycles. The number of nitrogens with one attached hydrogen (secondary N) is 1. The smallest absolute Gasteiger partial charge is 0.305 e. The second-order valence-electron chi connectivity index (χ2n) is 6.04. The lowest BCUT2D eigenvalue weighted by molar-refractivity contribution is -0.137. The van der Waals surface area contributed by atoms with Crippen LogP contribution in [0.25, 0.3) is 5.69 Å². The van der Waals surface area contributed by atoms with Crippen LogP contribution in [0, 0.1) is 5.82 Å². The summed E-state index contributed by atoms with van der Waals surface area (Å²) in [5, 5.41) is 26.0. The van der Waals surface area contributed by atoms with Crippen molar-refractivity contribution >= 4 is 35.1 Å². The van der Waals surface area contributed by atoms with E-state index in [0.717, 1.165) is 10.7 Å². The fraction of sp³-hybridized carbons (Fsp3) is 0.105. The Morgan fingerprint density at radius 3 is 2.52 bits per heavy atom. The predicted molar refractivity (Wildman–Crippen MR) is 104 cm³/mol. The maximum atomic E-state index is 14.3. The Bertz CT molecular complexity index is 1070. The number of carbonyl (C=O) groups is 2. The Kier molecular flexibility index (Phi) is 6.05. The van der Waals surface area contributed by atoms with Gasteiger partial charge in [0.1, 0.15) is 5.82 Å². The summed E-state index contributed by atoms with van der Waals surface area (Å²) in [5.74, 6) is -3.18. The van der Waals surface area contributed by atoms with E-state index in [1.165, 1.54) is 18.2 Å². The number of nitrogens with zero attached hydrogens (tertiary/aromatic N) is 2. The number of amides is 1. The Balaban J connectivity index is 1.88. The van der Waals surface area contributed by atoms with Gasteiger partial charge in [-0.3, -0.25) is 9.59 Å². The average Bonchev–Trinajstić information content (AvgIpc) is 3.05. The summed E-state index contributed by atoms with van der Waals surface area (Å²) in [5.41, 5.74) is 0.193. The van der Waals surface area contributed by atoms with Crippen molar-refractivity contribution in [2.45, 2.75) is 12.5 Å². The molecule has 10 heteroatoms. The number of halogens is 3. The second kappa shape index (κ2) is 8.50. The van der Waals surface area contributed by atoms with Crippen molar-refractivity contribution in [2.75, 3.05) is 0 Å². The van der Waals surface area contributed by atoms with Gasteiger partial charge in [0.2, 0.25) is 5.88 Å². The Labute approximate surface area is 174 Å². The highest BCUT2D eigenvalue weighted by molar-refractivity contribution is 6.31. The van der Waals surface area contributed by atoms with Crippen LogP contribution in [0.5, 0.6) is 5.88 Å². The lowest BCUT2D eigenvalue weighted by atomic mass is 10.0. The highest BCUT2D eigenvalue weighted by atomic mass is 35.5. The molecule has 1 atom stereocenters. The molecule has 3 N–H and O–H groups in total. The Morgan fingerprint density at radius 2 is 1.86 bits per heavy atom. The summed E-state index contributed by atoms with van der Waals surface area (Å²) in [7, 11) is 0. The summed E-state index contributed by atoms with van der Waals surface area (Å²) in [6, 6.07) is 10.4. The van der Waals surface area contributed by atoms with E-state index in [-0.39, 0.29) is 22.2 Å². The number of carboxylic acid groups (broad SMARTS) is 1. The number of aliphatic carboxylic acids is 1. The van der Waals surface area contributed by atoms with E-state index in [9.17, 15) is 19.1 Å². The van der Waals surface area contributed by atoms with E-state index < -0.39 is 30.2 Å². The van der Waals surface area contributed by atoms with Crippen molar-refractivity contribution in [1.82, 2.24) is 15.1 Å². The standard InChI is InChI=1S/C19H14Cl2FN3O4/c20-10-4-6-11(7-5-10)25-16(26)8-15(24-25)19(29)23-14(9-17(27)28)12-2-1-3-13(21)18(12)22/h1-8,14,26H,9H2,(H,23,29)(H,27,28). The van der Waals surface area contributed by atoms with Gasteiger partial charge in [0.25, 0.3) is 5.91 Å². The summed E-state index contributed by atoms with van der Waals surface area (Å²) in [6.45, 7) is 0. The van der Waals surface area contributed by atoms with Crippen molar-refractivity contribution in [3.63, 3.8) is 0 Å². The minimum atomic E-state index is -1.25. The third-order valence-corrected chi connectivity index (χ3v) is 4.58. The minimum Gasteiger partial charge on any atom is -0.493 e. The fourth-order valence-corrected chi connectivity index (χ4v) is 3.00. The van der Waals surface area contributed by atoms with Crippen molar-refractivity contribution < 1.29 is 24.2 Å². The number of aromatic hydroxyl groups is 1. The molecule has 0 radical (unpaired) electrons. The van der Waals surface area contributed by atoms with Crippen LogP contribution in [0.2, 0.25) is 10.0 Å². The van der Waals surface area contributed by atoms with Crippen LogP contribution >= 0.6 is 23.2 Å². The molecule has 0 spiro atoms. The summed E-state index contributed by atoms with van der Waals surface area (Å²) >= 11 is 11.6. The molecular formula is C19H14Cl2FN3O4. The third-order valence-electron chi connectivity index (χ3n) is 4.04. The second-order valence-corrected chi connectivity index (χ2v) is 6.89. The molecule has 7 nitrogen and oxygen atoms in total. The number of carboxylic acids is 1. The fourth-order valence-electron chi connectivity index (χ4n) is 2.69. The van der Waals surface area contributed by atoms with Crippen LogP contribution in [0.4, 0.5) is 4.39 Å². The molecule has 0 bridgehead atoms. The Hall–Kier alpha value is -3.10. The largest absolute Gasteiger partial charge is 0.493 e. The summed E-state index contributed by atoms with van der Waals surface area (Å²) in [6.07, 6.45) is -0.577. The zero-order valence-electron chi connectivity index (χ0n) is 14.6. The number of carbonyl (C=O) groups excluding carboxylic acids is 1. The van der Waals surface area contributed by atoms with Gasteiger partial charge in [-0.2, -0.15) is 5.10 Å². The van der Waals surface area contributed by atoms with Crippen LogP contribution in [0.3, 0.4) is 0 Å². The van der Waals surface area contributed by atoms with Gasteiger partial charge in [-0.25, -0.2) is 9.07 Å². The van der Waals surface area contributed by atoms with Gasteiger partial charge in [-0.15, -0.1) is 0 Å². The van der Waals surface area contributed by atoms with E-state index in [2.05, 4.69) is 10.4 Å². The number of rotatable bonds is 6. The van der Waals surface area contributed by atoms with Crippen molar-refractivity contribution in [3.05, 3.63) is 75.7 Å². The highest BCUT2D eigenvalue weighted by Crippen LogP contribution is 2.26. The van der Waals surface area contributed by atoms with E-state index in [1.807, 2.05) is 0 Å². The van der Waals surface area contributed by atoms with E-state index in [4.69, 9.17) is 28.3 Å². The maximum absolute atomic E-state index is 14.3. The zero-order valence-corrected chi connectivity index (χ0v) is 16.2. The van der Waals surface area contributed by atoms with Gasteiger partial charge >= 0.3 is 5.97 Å². The maximum Gasteiger partial charge on any atom is 0.305 e. The van der Waals surface area contributed by atoms with Gasteiger partial charge in [0.05, 0.1) is 23.2 Å². The van der Waals surface area contributed by atoms with E-state index in [1.54, 1.807) is 24.3 Å². The molecule has 0 aliphatic rings. The molecule has 0 aliphatic carbocycles. The van der Waals surface area contributed by atoms with Crippen LogP contribution in [0.1, 0.15) is 28.5 Å². The average molecular weight is 438 g/mol. The molecule has 3 aromatic rings. The minimum absolute atomic E-state index is 0.0744. The molecule has 2 aromatic carbocycles. The molecule has 0 aliphatic heterocycles. The molecule has 0 fully saturated rings. The first-order valence-electron chi connectivity index (χ1n) is 8.28. The number of hydrogen-bond donors (Lipinski definition) is 3. The van der Waals surface area contributed by atoms with Crippen molar-refractivity contribution in [1.29, 1.82) is 0 Å². The molecule has 3 rings (SSSR count). The van der Waals surface area contributed by atoms with Crippen LogP contribution in [-0.2, 0) is 4.79 Å². The lowest BCUT2D eigenvalue weighted by Crippen LogP contribution is -2.31. The monoisotopic (exact) mass is 437 g/mol. The van der Waals surface area contributed by atoms with Gasteiger partial charge in [0.15, 0.2) is 5.69 Å². The van der Waals surface area contributed by atoms with Crippen LogP contribution < -0.4 is 5.32 Å². The molecule has 1 unspecified atom stereocenters. The summed E-state index contributed by atoms with van der Waals surface area (Å²) in [4.78, 5) is 23.8. The lowest BCUT2D eigenvalue weighted by Gasteiger charge is -2.18. The molecular weight excluding hydrogens is 424 g/mol. The molecule has 1 heterocycles. The molecule has 150 valence electrons. The molecule has 0 saturated heterocycles. The highest BCUT2D eigenvalue weighted by Gasteiger charge is 2.24. The van der Waals surface area contributed by atoms with Crippen molar-refractivity contribution in [3.8, 4) is 11.6 Å². The summed E-state index contributed by atoms with van der Waals surface area (Å²) < 4.78 is 15.4.